The van der Waals surface area contributed by atoms with E-state index in [-0.39, 0.29) is 11.9 Å². The second-order valence-electron chi connectivity index (χ2n) is 11.0. The monoisotopic (exact) mass is 561 g/mol. The molecule has 3 aliphatic rings. The molecule has 1 atom stereocenters. The van der Waals surface area contributed by atoms with Crippen LogP contribution in [-0.4, -0.2) is 83.4 Å². The van der Waals surface area contributed by atoms with Crippen molar-refractivity contribution in [3.05, 3.63) is 30.3 Å². The Morgan fingerprint density at radius 3 is 2.80 bits per heavy atom. The maximum Gasteiger partial charge on any atom is 0.249 e. The lowest BCUT2D eigenvalue weighted by Gasteiger charge is -2.43. The first kappa shape index (κ1) is 27.4. The number of anilines is 4. The average molecular weight is 562 g/mol. The van der Waals surface area contributed by atoms with Crippen LogP contribution in [0.25, 0.3) is 11.5 Å². The number of hydrogen-bond acceptors (Lipinski definition) is 11. The summed E-state index contributed by atoms with van der Waals surface area (Å²) in [5, 5.41) is 15.3. The maximum absolute atomic E-state index is 13.2. The van der Waals surface area contributed by atoms with E-state index in [9.17, 15) is 4.79 Å². The van der Waals surface area contributed by atoms with E-state index >= 15 is 0 Å². The number of benzene rings is 1. The molecular weight excluding hydrogens is 522 g/mol. The number of rotatable bonds is 8. The van der Waals surface area contributed by atoms with E-state index in [1.165, 1.54) is 12.8 Å². The number of likely N-dealkylation sites (N-methyl/N-ethyl adjacent to an activating group) is 1. The van der Waals surface area contributed by atoms with Gasteiger partial charge in [-0.1, -0.05) is 19.8 Å². The van der Waals surface area contributed by atoms with E-state index in [0.29, 0.717) is 41.8 Å². The summed E-state index contributed by atoms with van der Waals surface area (Å²) >= 11 is 0. The fraction of sp³-hybridized carbons (Fsp3) is 0.552. The molecule has 1 amide bonds. The van der Waals surface area contributed by atoms with E-state index in [0.717, 1.165) is 68.9 Å². The normalized spacial score (nSPS) is 20.3. The van der Waals surface area contributed by atoms with Crippen LogP contribution in [0, 0.1) is 0 Å². The average Bonchev–Trinajstić information content (AvgIpc) is 3.63. The van der Waals surface area contributed by atoms with Crippen molar-refractivity contribution in [2.24, 2.45) is 0 Å². The molecular formula is C29H39N9O3. The fourth-order valence-electron chi connectivity index (χ4n) is 6.18. The van der Waals surface area contributed by atoms with Gasteiger partial charge in [0.25, 0.3) is 0 Å². The quantitative estimate of drug-likeness (QED) is 0.419. The van der Waals surface area contributed by atoms with Crippen molar-refractivity contribution in [1.29, 1.82) is 0 Å². The number of hydrogen-bond donors (Lipinski definition) is 2. The molecule has 3 aromatic rings. The Morgan fingerprint density at radius 2 is 2.00 bits per heavy atom. The van der Waals surface area contributed by atoms with Crippen LogP contribution in [0.1, 0.15) is 51.3 Å². The Bertz CT molecular complexity index is 1370. The summed E-state index contributed by atoms with van der Waals surface area (Å²) in [5.41, 5.74) is 2.23. The van der Waals surface area contributed by atoms with Crippen LogP contribution in [0.3, 0.4) is 0 Å². The molecule has 2 fully saturated rings. The van der Waals surface area contributed by atoms with Crippen molar-refractivity contribution in [2.75, 3.05) is 55.5 Å². The van der Waals surface area contributed by atoms with Crippen molar-refractivity contribution in [3.8, 4) is 17.2 Å². The Labute approximate surface area is 240 Å². The van der Waals surface area contributed by atoms with E-state index in [2.05, 4.69) is 42.5 Å². The topological polar surface area (TPSA) is 125 Å². The first-order valence-corrected chi connectivity index (χ1v) is 14.7. The van der Waals surface area contributed by atoms with Crippen LogP contribution in [0.5, 0.6) is 5.75 Å². The number of nitrogens with zero attached hydrogens (tertiary/aromatic N) is 7. The number of amides is 1. The molecule has 41 heavy (non-hydrogen) atoms. The van der Waals surface area contributed by atoms with E-state index in [1.807, 2.05) is 25.2 Å². The molecule has 218 valence electrons. The second-order valence-corrected chi connectivity index (χ2v) is 11.0. The van der Waals surface area contributed by atoms with Gasteiger partial charge in [-0.15, -0.1) is 10.2 Å². The minimum atomic E-state index is -0.220. The van der Waals surface area contributed by atoms with Gasteiger partial charge >= 0.3 is 0 Å². The highest BCUT2D eigenvalue weighted by molar-refractivity contribution is 6.04. The zero-order valence-corrected chi connectivity index (χ0v) is 24.1. The highest BCUT2D eigenvalue weighted by Gasteiger charge is 2.41. The highest BCUT2D eigenvalue weighted by Crippen LogP contribution is 2.40. The molecule has 2 aromatic heterocycles. The molecule has 12 nitrogen and oxygen atoms in total. The van der Waals surface area contributed by atoms with Gasteiger partial charge in [0.1, 0.15) is 17.5 Å². The van der Waals surface area contributed by atoms with Gasteiger partial charge < -0.3 is 29.6 Å². The summed E-state index contributed by atoms with van der Waals surface area (Å²) in [6, 6.07) is 5.78. The number of nitrogens with one attached hydrogen (secondary N) is 2. The molecule has 12 heteroatoms. The van der Waals surface area contributed by atoms with E-state index < -0.39 is 0 Å². The summed E-state index contributed by atoms with van der Waals surface area (Å²) in [6.45, 7) is 6.67. The SMILES string of the molecule is CC[C@@H]1C(=O)N(C)c2cnc(Nc3ccc(-c4nnc(CN5CCCNCC5)o4)cc3OC)nc2N1C1CCCC1. The van der Waals surface area contributed by atoms with Gasteiger partial charge in [-0.05, 0) is 57.0 Å². The molecule has 1 aliphatic carbocycles. The van der Waals surface area contributed by atoms with Gasteiger partial charge in [-0.25, -0.2) is 4.98 Å². The van der Waals surface area contributed by atoms with Gasteiger partial charge in [0.2, 0.25) is 23.6 Å². The van der Waals surface area contributed by atoms with E-state index in [4.69, 9.17) is 14.1 Å². The smallest absolute Gasteiger partial charge is 0.249 e. The molecule has 1 saturated heterocycles. The van der Waals surface area contributed by atoms with Crippen molar-refractivity contribution < 1.29 is 13.9 Å². The summed E-state index contributed by atoms with van der Waals surface area (Å²) in [4.78, 5) is 28.9. The molecule has 0 bridgehead atoms. The summed E-state index contributed by atoms with van der Waals surface area (Å²) in [5.74, 6) is 3.01. The number of aromatic nitrogens is 4. The number of ether oxygens (including phenoxy) is 1. The van der Waals surface area contributed by atoms with Crippen molar-refractivity contribution in [1.82, 2.24) is 30.4 Å². The van der Waals surface area contributed by atoms with Crippen LogP contribution < -0.4 is 25.2 Å². The minimum absolute atomic E-state index is 0.0982. The number of carbonyl (C=O) groups excluding carboxylic acids is 1. The van der Waals surface area contributed by atoms with Crippen LogP contribution in [0.15, 0.2) is 28.8 Å². The molecule has 2 N–H and O–H groups in total. The third kappa shape index (κ3) is 5.58. The third-order valence-corrected chi connectivity index (χ3v) is 8.37. The highest BCUT2D eigenvalue weighted by atomic mass is 16.5. The van der Waals surface area contributed by atoms with Crippen molar-refractivity contribution in [2.45, 2.75) is 64.1 Å². The molecule has 0 unspecified atom stereocenters. The van der Waals surface area contributed by atoms with Gasteiger partial charge in [0, 0.05) is 31.7 Å². The van der Waals surface area contributed by atoms with Crippen molar-refractivity contribution >= 4 is 29.0 Å². The Hall–Kier alpha value is -3.77. The molecule has 2 aliphatic heterocycles. The Morgan fingerprint density at radius 1 is 1.15 bits per heavy atom. The first-order chi connectivity index (χ1) is 20.1. The molecule has 0 spiro atoms. The lowest BCUT2D eigenvalue weighted by molar-refractivity contribution is -0.120. The van der Waals surface area contributed by atoms with E-state index in [1.54, 1.807) is 18.2 Å². The van der Waals surface area contributed by atoms with Gasteiger partial charge in [-0.2, -0.15) is 4.98 Å². The lowest BCUT2D eigenvalue weighted by Crippen LogP contribution is -2.55. The summed E-state index contributed by atoms with van der Waals surface area (Å²) < 4.78 is 11.7. The lowest BCUT2D eigenvalue weighted by atomic mass is 10.0. The number of methoxy groups -OCH3 is 1. The number of carbonyl (C=O) groups is 1. The van der Waals surface area contributed by atoms with Crippen LogP contribution in [0.4, 0.5) is 23.1 Å². The number of fused-ring (bicyclic) bond motifs is 1. The first-order valence-electron chi connectivity index (χ1n) is 14.7. The maximum atomic E-state index is 13.2. The molecule has 0 radical (unpaired) electrons. The minimum Gasteiger partial charge on any atom is -0.495 e. The molecule has 6 rings (SSSR count). The van der Waals surface area contributed by atoms with Crippen LogP contribution in [-0.2, 0) is 11.3 Å². The second kappa shape index (κ2) is 12.0. The zero-order chi connectivity index (χ0) is 28.3. The third-order valence-electron chi connectivity index (χ3n) is 8.37. The van der Waals surface area contributed by atoms with Gasteiger partial charge in [0.05, 0.1) is 25.5 Å². The largest absolute Gasteiger partial charge is 0.495 e. The van der Waals surface area contributed by atoms with Crippen LogP contribution >= 0.6 is 0 Å². The van der Waals surface area contributed by atoms with Gasteiger partial charge in [-0.3, -0.25) is 9.69 Å². The van der Waals surface area contributed by atoms with Crippen molar-refractivity contribution in [3.63, 3.8) is 0 Å². The predicted molar refractivity (Wildman–Crippen MR) is 157 cm³/mol. The van der Waals surface area contributed by atoms with Crippen LogP contribution in [0.2, 0.25) is 0 Å². The summed E-state index contributed by atoms with van der Waals surface area (Å²) in [7, 11) is 3.43. The molecule has 4 heterocycles. The Balaban J connectivity index is 1.23. The predicted octanol–water partition coefficient (Wildman–Crippen LogP) is 3.58. The molecule has 1 aromatic carbocycles. The van der Waals surface area contributed by atoms with Gasteiger partial charge in [0.15, 0.2) is 5.82 Å². The summed E-state index contributed by atoms with van der Waals surface area (Å²) in [6.07, 6.45) is 8.06. The standard InChI is InChI=1S/C29H39N9O3/c1-4-22-28(39)36(2)23-17-31-29(33-26(23)38(22)20-8-5-6-9-20)32-21-11-10-19(16-24(21)40-3)27-35-34-25(41-27)18-37-14-7-12-30-13-15-37/h10-11,16-17,20,22,30H,4-9,12-15,18H2,1-3H3,(H,31,32,33)/t22-/m1/s1. The Kier molecular flexibility index (Phi) is 8.02. The fourth-order valence-corrected chi connectivity index (χ4v) is 6.18. The zero-order valence-electron chi connectivity index (χ0n) is 24.1. The molecule has 1 saturated carbocycles.